The van der Waals surface area contributed by atoms with Crippen LogP contribution in [0.2, 0.25) is 0 Å². The first-order valence-corrected chi connectivity index (χ1v) is 14.2. The van der Waals surface area contributed by atoms with Crippen LogP contribution < -0.4 is 0 Å². The van der Waals surface area contributed by atoms with Crippen molar-refractivity contribution in [1.29, 1.82) is 0 Å². The van der Waals surface area contributed by atoms with Crippen LogP contribution in [0.1, 0.15) is 53.9 Å². The second-order valence-corrected chi connectivity index (χ2v) is 10.1. The molecule has 2 unspecified atom stereocenters. The van der Waals surface area contributed by atoms with Crippen molar-refractivity contribution in [2.24, 2.45) is 17.8 Å². The minimum atomic E-state index is 0.0335. The molecule has 0 aromatic heterocycles. The molecular weight excluding hydrogens is 480 g/mol. The molecule has 9 heteroatoms. The normalized spacial score (nSPS) is 13.6. The number of hydrogen-bond acceptors (Lipinski definition) is 9. The molecule has 0 aliphatic heterocycles. The first-order chi connectivity index (χ1) is 18.0. The summed E-state index contributed by atoms with van der Waals surface area (Å²) < 4.78 is 44.1. The Hall–Kier alpha value is -0.360. The lowest BCUT2D eigenvalue weighted by Crippen LogP contribution is -2.22. The standard InChI is InChI=1S/C28H58O9/c1-25(2)22-27(5)24-28(23-26(3)4)37-21-20-36-19-18-35-17-16-34-15-14-33-13-12-32-11-10-31-9-8-30-7-6-29/h25-29H,6-24H2,1-5H3. The highest BCUT2D eigenvalue weighted by Gasteiger charge is 2.16. The van der Waals surface area contributed by atoms with E-state index in [0.29, 0.717) is 117 Å². The molecule has 0 aromatic rings. The molecule has 0 fully saturated rings. The van der Waals surface area contributed by atoms with Crippen LogP contribution >= 0.6 is 0 Å². The summed E-state index contributed by atoms with van der Waals surface area (Å²) in [4.78, 5) is 0. The van der Waals surface area contributed by atoms with E-state index in [1.807, 2.05) is 0 Å². The zero-order chi connectivity index (χ0) is 27.4. The Morgan fingerprint density at radius 3 is 1.05 bits per heavy atom. The Balaban J connectivity index is 3.36. The number of ether oxygens (including phenoxy) is 8. The molecule has 37 heavy (non-hydrogen) atoms. The van der Waals surface area contributed by atoms with Gasteiger partial charge < -0.3 is 43.0 Å². The molecule has 0 amide bonds. The third-order valence-corrected chi connectivity index (χ3v) is 5.32. The van der Waals surface area contributed by atoms with Crippen LogP contribution in [0.4, 0.5) is 0 Å². The zero-order valence-corrected chi connectivity index (χ0v) is 24.5. The molecule has 0 aliphatic rings. The summed E-state index contributed by atoms with van der Waals surface area (Å²) in [5.41, 5.74) is 0. The van der Waals surface area contributed by atoms with Gasteiger partial charge in [0.1, 0.15) is 0 Å². The molecule has 2 atom stereocenters. The monoisotopic (exact) mass is 538 g/mol. The molecule has 0 saturated heterocycles. The van der Waals surface area contributed by atoms with Crippen LogP contribution in [-0.4, -0.2) is 117 Å². The topological polar surface area (TPSA) is 94.1 Å². The van der Waals surface area contributed by atoms with Gasteiger partial charge in [0.25, 0.3) is 0 Å². The van der Waals surface area contributed by atoms with Crippen molar-refractivity contribution in [3.63, 3.8) is 0 Å². The van der Waals surface area contributed by atoms with Crippen molar-refractivity contribution in [3.8, 4) is 0 Å². The summed E-state index contributed by atoms with van der Waals surface area (Å²) in [5, 5.41) is 8.57. The first kappa shape index (κ1) is 36.6. The van der Waals surface area contributed by atoms with Crippen molar-refractivity contribution >= 4 is 0 Å². The van der Waals surface area contributed by atoms with E-state index in [1.165, 1.54) is 6.42 Å². The van der Waals surface area contributed by atoms with Gasteiger partial charge in [-0.1, -0.05) is 34.6 Å². The quantitative estimate of drug-likeness (QED) is 0.138. The third-order valence-electron chi connectivity index (χ3n) is 5.32. The van der Waals surface area contributed by atoms with Crippen LogP contribution in [0.5, 0.6) is 0 Å². The van der Waals surface area contributed by atoms with Gasteiger partial charge in [0.2, 0.25) is 0 Å². The minimum absolute atomic E-state index is 0.0335. The Labute approximate surface area is 226 Å². The Morgan fingerprint density at radius 1 is 0.405 bits per heavy atom. The molecule has 0 bridgehead atoms. The summed E-state index contributed by atoms with van der Waals surface area (Å²) in [6, 6.07) is 0. The molecule has 0 saturated carbocycles. The fraction of sp³-hybridized carbons (Fsp3) is 1.00. The van der Waals surface area contributed by atoms with Gasteiger partial charge in [-0.3, -0.25) is 0 Å². The lowest BCUT2D eigenvalue weighted by atomic mass is 9.91. The molecule has 0 spiro atoms. The first-order valence-electron chi connectivity index (χ1n) is 14.2. The van der Waals surface area contributed by atoms with Gasteiger partial charge in [0, 0.05) is 0 Å². The molecule has 224 valence electrons. The lowest BCUT2D eigenvalue weighted by molar-refractivity contribution is -0.0339. The average molecular weight is 539 g/mol. The van der Waals surface area contributed by atoms with Gasteiger partial charge in [-0.15, -0.1) is 0 Å². The van der Waals surface area contributed by atoms with E-state index in [4.69, 9.17) is 43.0 Å². The number of hydrogen-bond donors (Lipinski definition) is 1. The average Bonchev–Trinajstić information content (AvgIpc) is 2.83. The lowest BCUT2D eigenvalue weighted by Gasteiger charge is -2.24. The molecule has 1 N–H and O–H groups in total. The van der Waals surface area contributed by atoms with Crippen molar-refractivity contribution in [2.45, 2.75) is 60.0 Å². The van der Waals surface area contributed by atoms with Gasteiger partial charge in [-0.05, 0) is 37.0 Å². The zero-order valence-electron chi connectivity index (χ0n) is 24.5. The number of aliphatic hydroxyl groups is 1. The van der Waals surface area contributed by atoms with Gasteiger partial charge >= 0.3 is 0 Å². The fourth-order valence-electron chi connectivity index (χ4n) is 3.87. The number of aliphatic hydroxyl groups excluding tert-OH is 1. The SMILES string of the molecule is CC(C)CC(C)CC(CC(C)C)OCCOCCOCCOCCOCCOCCOCCOCCO. The highest BCUT2D eigenvalue weighted by molar-refractivity contribution is 4.67. The number of rotatable bonds is 30. The van der Waals surface area contributed by atoms with Crippen LogP contribution in [0.15, 0.2) is 0 Å². The summed E-state index contributed by atoms with van der Waals surface area (Å²) in [7, 11) is 0. The molecule has 0 radical (unpaired) electrons. The maximum atomic E-state index is 8.57. The smallest absolute Gasteiger partial charge is 0.0704 e. The molecule has 0 aliphatic carbocycles. The second-order valence-electron chi connectivity index (χ2n) is 10.1. The minimum Gasteiger partial charge on any atom is -0.394 e. The predicted octanol–water partition coefficient (Wildman–Crippen LogP) is 3.60. The van der Waals surface area contributed by atoms with E-state index >= 15 is 0 Å². The van der Waals surface area contributed by atoms with E-state index in [1.54, 1.807) is 0 Å². The molecule has 0 heterocycles. The van der Waals surface area contributed by atoms with E-state index in [9.17, 15) is 0 Å². The maximum Gasteiger partial charge on any atom is 0.0704 e. The van der Waals surface area contributed by atoms with Crippen LogP contribution in [-0.2, 0) is 37.9 Å². The highest BCUT2D eigenvalue weighted by Crippen LogP contribution is 2.21. The summed E-state index contributed by atoms with van der Waals surface area (Å²) in [6.07, 6.45) is 3.79. The Morgan fingerprint density at radius 2 is 0.730 bits per heavy atom. The van der Waals surface area contributed by atoms with Crippen molar-refractivity contribution in [1.82, 2.24) is 0 Å². The third kappa shape index (κ3) is 30.0. The van der Waals surface area contributed by atoms with Crippen molar-refractivity contribution in [2.75, 3.05) is 106 Å². The maximum absolute atomic E-state index is 8.57. The van der Waals surface area contributed by atoms with Gasteiger partial charge in [0.15, 0.2) is 0 Å². The van der Waals surface area contributed by atoms with Gasteiger partial charge in [0.05, 0.1) is 112 Å². The largest absolute Gasteiger partial charge is 0.394 e. The Bertz CT molecular complexity index is 438. The van der Waals surface area contributed by atoms with Crippen LogP contribution in [0.3, 0.4) is 0 Å². The summed E-state index contributed by atoms with van der Waals surface area (Å²) in [6.45, 7) is 19.3. The van der Waals surface area contributed by atoms with Gasteiger partial charge in [-0.2, -0.15) is 0 Å². The van der Waals surface area contributed by atoms with Crippen molar-refractivity contribution < 1.29 is 43.0 Å². The highest BCUT2D eigenvalue weighted by atomic mass is 16.6. The van der Waals surface area contributed by atoms with E-state index < -0.39 is 0 Å². The van der Waals surface area contributed by atoms with Crippen LogP contribution in [0.25, 0.3) is 0 Å². The Kier molecular flexibility index (Phi) is 28.4. The molecule has 0 aromatic carbocycles. The summed E-state index contributed by atoms with van der Waals surface area (Å²) in [5.74, 6) is 2.06. The van der Waals surface area contributed by atoms with Crippen molar-refractivity contribution in [3.05, 3.63) is 0 Å². The van der Waals surface area contributed by atoms with Crippen LogP contribution in [0, 0.1) is 17.8 Å². The molecular formula is C28H58O9. The van der Waals surface area contributed by atoms with E-state index in [2.05, 4.69) is 34.6 Å². The second kappa shape index (κ2) is 28.6. The van der Waals surface area contributed by atoms with E-state index in [0.717, 1.165) is 18.8 Å². The molecule has 9 nitrogen and oxygen atoms in total. The summed E-state index contributed by atoms with van der Waals surface area (Å²) >= 11 is 0. The van der Waals surface area contributed by atoms with E-state index in [-0.39, 0.29) is 6.61 Å². The van der Waals surface area contributed by atoms with Gasteiger partial charge in [-0.25, -0.2) is 0 Å². The fourth-order valence-corrected chi connectivity index (χ4v) is 3.87. The molecule has 0 rings (SSSR count). The predicted molar refractivity (Wildman–Crippen MR) is 145 cm³/mol.